The van der Waals surface area contributed by atoms with Crippen molar-refractivity contribution in [3.05, 3.63) is 66.7 Å². The SMILES string of the molecule is CN(C)CCOc1ccc(CN=Nc2ncnc3c2cnn3-c2ccccc2)cn1. The monoisotopic (exact) mass is 402 g/mol. The molecule has 0 amide bonds. The molecule has 30 heavy (non-hydrogen) atoms. The van der Waals surface area contributed by atoms with E-state index in [1.165, 1.54) is 6.33 Å². The lowest BCUT2D eigenvalue weighted by molar-refractivity contribution is 0.254. The molecule has 4 aromatic rings. The molecule has 0 spiro atoms. The van der Waals surface area contributed by atoms with E-state index in [0.29, 0.717) is 30.5 Å². The lowest BCUT2D eigenvalue weighted by atomic mass is 10.3. The van der Waals surface area contributed by atoms with E-state index in [4.69, 9.17) is 4.74 Å². The standard InChI is InChI=1S/C21H22N8O/c1-28(2)10-11-30-19-9-8-16(12-22-19)13-25-27-20-18-14-26-29(21(18)24-15-23-20)17-6-4-3-5-7-17/h3-9,12,14-15H,10-11,13H2,1-2H3. The van der Waals surface area contributed by atoms with Gasteiger partial charge in [-0.05, 0) is 31.8 Å². The van der Waals surface area contributed by atoms with Crippen LogP contribution >= 0.6 is 0 Å². The molecule has 0 unspecified atom stereocenters. The smallest absolute Gasteiger partial charge is 0.213 e. The van der Waals surface area contributed by atoms with Crippen LogP contribution in [0.1, 0.15) is 5.56 Å². The van der Waals surface area contributed by atoms with Crippen LogP contribution in [0.3, 0.4) is 0 Å². The zero-order valence-corrected chi connectivity index (χ0v) is 16.9. The second-order valence-electron chi connectivity index (χ2n) is 6.88. The highest BCUT2D eigenvalue weighted by atomic mass is 16.5. The number of fused-ring (bicyclic) bond motifs is 1. The first-order valence-electron chi connectivity index (χ1n) is 9.55. The number of hydrogen-bond acceptors (Lipinski definition) is 8. The first kappa shape index (κ1) is 19.6. The third-order valence-electron chi connectivity index (χ3n) is 4.35. The Hall–Kier alpha value is -3.72. The van der Waals surface area contributed by atoms with E-state index in [2.05, 4.69) is 35.2 Å². The Balaban J connectivity index is 1.44. The molecule has 3 heterocycles. The summed E-state index contributed by atoms with van der Waals surface area (Å²) in [6.07, 6.45) is 4.92. The number of azo groups is 1. The van der Waals surface area contributed by atoms with E-state index in [-0.39, 0.29) is 0 Å². The van der Waals surface area contributed by atoms with Crippen LogP contribution in [-0.4, -0.2) is 56.9 Å². The topological polar surface area (TPSA) is 93.7 Å². The summed E-state index contributed by atoms with van der Waals surface area (Å²) in [7, 11) is 4.01. The Kier molecular flexibility index (Phi) is 6.00. The third kappa shape index (κ3) is 4.64. The van der Waals surface area contributed by atoms with Crippen molar-refractivity contribution in [2.75, 3.05) is 27.2 Å². The second kappa shape index (κ2) is 9.19. The maximum absolute atomic E-state index is 5.60. The van der Waals surface area contributed by atoms with Crippen LogP contribution in [0.25, 0.3) is 16.7 Å². The van der Waals surface area contributed by atoms with Crippen LogP contribution in [0.2, 0.25) is 0 Å². The molecule has 9 heteroatoms. The van der Waals surface area contributed by atoms with Crippen LogP contribution in [0.5, 0.6) is 5.88 Å². The summed E-state index contributed by atoms with van der Waals surface area (Å²) in [6, 6.07) is 13.6. The van der Waals surface area contributed by atoms with Gasteiger partial charge in [0.2, 0.25) is 5.88 Å². The van der Waals surface area contributed by atoms with Gasteiger partial charge >= 0.3 is 0 Å². The molecular formula is C21H22N8O. The summed E-state index contributed by atoms with van der Waals surface area (Å²) >= 11 is 0. The highest BCUT2D eigenvalue weighted by Crippen LogP contribution is 2.24. The van der Waals surface area contributed by atoms with E-state index in [1.54, 1.807) is 17.1 Å². The predicted molar refractivity (Wildman–Crippen MR) is 113 cm³/mol. The van der Waals surface area contributed by atoms with Gasteiger partial charge < -0.3 is 9.64 Å². The minimum Gasteiger partial charge on any atom is -0.476 e. The molecule has 0 fully saturated rings. The number of rotatable bonds is 8. The third-order valence-corrected chi connectivity index (χ3v) is 4.35. The zero-order chi connectivity index (χ0) is 20.8. The van der Waals surface area contributed by atoms with Gasteiger partial charge in [-0.25, -0.2) is 19.6 Å². The lowest BCUT2D eigenvalue weighted by Gasteiger charge is -2.10. The van der Waals surface area contributed by atoms with E-state index < -0.39 is 0 Å². The van der Waals surface area contributed by atoms with Crippen molar-refractivity contribution in [2.45, 2.75) is 6.54 Å². The predicted octanol–water partition coefficient (Wildman–Crippen LogP) is 3.43. The summed E-state index contributed by atoms with van der Waals surface area (Å²) in [4.78, 5) is 15.0. The van der Waals surface area contributed by atoms with E-state index in [1.807, 2.05) is 56.6 Å². The average molecular weight is 402 g/mol. The minimum absolute atomic E-state index is 0.392. The highest BCUT2D eigenvalue weighted by Gasteiger charge is 2.10. The van der Waals surface area contributed by atoms with Crippen LogP contribution < -0.4 is 4.74 Å². The van der Waals surface area contributed by atoms with Crippen molar-refractivity contribution in [1.29, 1.82) is 0 Å². The number of pyridine rings is 1. The Morgan fingerprint density at radius 1 is 1.00 bits per heavy atom. The second-order valence-corrected chi connectivity index (χ2v) is 6.88. The number of aromatic nitrogens is 5. The average Bonchev–Trinajstić information content (AvgIpc) is 3.20. The largest absolute Gasteiger partial charge is 0.476 e. The Labute approximate surface area is 174 Å². The molecule has 0 aliphatic heterocycles. The molecule has 0 bridgehead atoms. The first-order chi connectivity index (χ1) is 14.7. The molecule has 4 rings (SSSR count). The van der Waals surface area contributed by atoms with Crippen molar-refractivity contribution in [3.8, 4) is 11.6 Å². The molecule has 0 aliphatic carbocycles. The van der Waals surface area contributed by atoms with Gasteiger partial charge in [0, 0.05) is 18.8 Å². The fraction of sp³-hybridized carbons (Fsp3) is 0.238. The van der Waals surface area contributed by atoms with E-state index in [9.17, 15) is 0 Å². The van der Waals surface area contributed by atoms with Crippen molar-refractivity contribution in [2.24, 2.45) is 10.2 Å². The van der Waals surface area contributed by atoms with Crippen molar-refractivity contribution < 1.29 is 4.74 Å². The quantitative estimate of drug-likeness (QED) is 0.419. The molecule has 0 atom stereocenters. The van der Waals surface area contributed by atoms with Crippen LogP contribution in [-0.2, 0) is 6.54 Å². The molecule has 0 N–H and O–H groups in total. The summed E-state index contributed by atoms with van der Waals surface area (Å²) in [5.41, 5.74) is 2.54. The van der Waals surface area contributed by atoms with Gasteiger partial charge in [0.1, 0.15) is 12.9 Å². The maximum Gasteiger partial charge on any atom is 0.213 e. The number of nitrogens with zero attached hydrogens (tertiary/aromatic N) is 8. The molecule has 0 radical (unpaired) electrons. The summed E-state index contributed by atoms with van der Waals surface area (Å²) in [5.74, 6) is 1.09. The Morgan fingerprint density at radius 3 is 2.63 bits per heavy atom. The van der Waals surface area contributed by atoms with Gasteiger partial charge in [-0.2, -0.15) is 10.2 Å². The van der Waals surface area contributed by atoms with Gasteiger partial charge in [-0.1, -0.05) is 24.3 Å². The normalized spacial score (nSPS) is 11.6. The Morgan fingerprint density at radius 2 is 1.87 bits per heavy atom. The summed E-state index contributed by atoms with van der Waals surface area (Å²) in [5, 5.41) is 13.7. The molecule has 0 aliphatic rings. The van der Waals surface area contributed by atoms with Crippen LogP contribution in [0.4, 0.5) is 5.82 Å². The van der Waals surface area contributed by atoms with Crippen molar-refractivity contribution in [3.63, 3.8) is 0 Å². The zero-order valence-electron chi connectivity index (χ0n) is 16.9. The lowest BCUT2D eigenvalue weighted by Crippen LogP contribution is -2.19. The molecule has 0 saturated carbocycles. The van der Waals surface area contributed by atoms with E-state index in [0.717, 1.165) is 23.2 Å². The first-order valence-corrected chi connectivity index (χ1v) is 9.55. The number of likely N-dealkylation sites (N-methyl/N-ethyl adjacent to an activating group) is 1. The van der Waals surface area contributed by atoms with Crippen molar-refractivity contribution >= 4 is 16.9 Å². The van der Waals surface area contributed by atoms with Crippen molar-refractivity contribution in [1.82, 2.24) is 29.6 Å². The number of para-hydroxylation sites is 1. The number of benzene rings is 1. The number of hydrogen-bond donors (Lipinski definition) is 0. The molecule has 0 saturated heterocycles. The molecule has 9 nitrogen and oxygen atoms in total. The summed E-state index contributed by atoms with van der Waals surface area (Å²) < 4.78 is 7.36. The van der Waals surface area contributed by atoms with Crippen LogP contribution in [0, 0.1) is 0 Å². The molecular weight excluding hydrogens is 380 g/mol. The maximum atomic E-state index is 5.60. The van der Waals surface area contributed by atoms with Gasteiger partial charge in [0.05, 0.1) is 23.8 Å². The van der Waals surface area contributed by atoms with Gasteiger partial charge in [-0.15, -0.1) is 5.11 Å². The van der Waals surface area contributed by atoms with Gasteiger partial charge in [-0.3, -0.25) is 0 Å². The Bertz CT molecular complexity index is 1120. The van der Waals surface area contributed by atoms with Gasteiger partial charge in [0.25, 0.3) is 0 Å². The fourth-order valence-corrected chi connectivity index (χ4v) is 2.78. The highest BCUT2D eigenvalue weighted by molar-refractivity contribution is 5.85. The minimum atomic E-state index is 0.392. The molecule has 1 aromatic carbocycles. The van der Waals surface area contributed by atoms with E-state index >= 15 is 0 Å². The summed E-state index contributed by atoms with van der Waals surface area (Å²) in [6.45, 7) is 1.83. The number of ether oxygens (including phenoxy) is 1. The molecule has 152 valence electrons. The van der Waals surface area contributed by atoms with Crippen LogP contribution in [0.15, 0.2) is 71.4 Å². The van der Waals surface area contributed by atoms with Gasteiger partial charge in [0.15, 0.2) is 11.5 Å². The molecule has 3 aromatic heterocycles. The fourth-order valence-electron chi connectivity index (χ4n) is 2.78.